The molecule has 1 aromatic rings. The Morgan fingerprint density at radius 1 is 1.50 bits per heavy atom. The molecule has 2 atom stereocenters. The predicted molar refractivity (Wildman–Crippen MR) is 65.6 cm³/mol. The van der Waals surface area contributed by atoms with Crippen molar-refractivity contribution in [3.05, 3.63) is 17.8 Å². The topological polar surface area (TPSA) is 87.9 Å². The summed E-state index contributed by atoms with van der Waals surface area (Å²) < 4.78 is 4.94. The molecule has 0 spiro atoms. The summed E-state index contributed by atoms with van der Waals surface area (Å²) in [5.74, 6) is -0.0147. The quantitative estimate of drug-likeness (QED) is 0.791. The Morgan fingerprint density at radius 2 is 2.22 bits per heavy atom. The summed E-state index contributed by atoms with van der Waals surface area (Å²) in [6.07, 6.45) is 0. The molecule has 0 bridgehead atoms. The number of nitrogens with zero attached hydrogens (tertiary/aromatic N) is 3. The van der Waals surface area contributed by atoms with Crippen molar-refractivity contribution in [3.63, 3.8) is 0 Å². The smallest absolute Gasteiger partial charge is 0.310 e. The molecule has 0 amide bonds. The molecule has 2 unspecified atom stereocenters. The maximum absolute atomic E-state index is 11.5. The van der Waals surface area contributed by atoms with E-state index in [1.807, 2.05) is 13.0 Å². The minimum absolute atomic E-state index is 0.133. The second kappa shape index (κ2) is 6.55. The second-order valence-corrected chi connectivity index (χ2v) is 3.89. The van der Waals surface area contributed by atoms with Gasteiger partial charge in [0.15, 0.2) is 5.69 Å². The molecule has 1 N–H and O–H groups in total. The van der Waals surface area contributed by atoms with Gasteiger partial charge in [0.05, 0.1) is 12.5 Å². The zero-order valence-electron chi connectivity index (χ0n) is 10.7. The Morgan fingerprint density at radius 3 is 2.72 bits per heavy atom. The number of rotatable bonds is 5. The van der Waals surface area contributed by atoms with Crippen LogP contribution in [0.25, 0.3) is 0 Å². The van der Waals surface area contributed by atoms with Crippen molar-refractivity contribution in [2.45, 2.75) is 26.8 Å². The van der Waals surface area contributed by atoms with Crippen LogP contribution in [0, 0.1) is 17.2 Å². The van der Waals surface area contributed by atoms with Crippen LogP contribution in [0.1, 0.15) is 26.5 Å². The molecule has 0 aromatic carbocycles. The van der Waals surface area contributed by atoms with Crippen LogP contribution in [0.15, 0.2) is 12.1 Å². The normalized spacial score (nSPS) is 13.2. The number of nitriles is 1. The first kappa shape index (κ1) is 13.9. The molecule has 18 heavy (non-hydrogen) atoms. The standard InChI is InChI=1S/C12H16N4O2/c1-4-18-12(17)8(2)9(3)14-11-6-5-10(7-13)15-16-11/h5-6,8-9H,4H2,1-3H3,(H,14,16). The Balaban J connectivity index is 2.60. The van der Waals surface area contributed by atoms with Gasteiger partial charge >= 0.3 is 5.97 Å². The predicted octanol–water partition coefficient (Wildman–Crippen LogP) is 1.35. The Bertz CT molecular complexity index is 438. The van der Waals surface area contributed by atoms with Gasteiger partial charge in [-0.2, -0.15) is 5.26 Å². The van der Waals surface area contributed by atoms with E-state index in [2.05, 4.69) is 15.5 Å². The van der Waals surface area contributed by atoms with E-state index in [1.54, 1.807) is 26.0 Å². The van der Waals surface area contributed by atoms with Crippen LogP contribution in [0.2, 0.25) is 0 Å². The van der Waals surface area contributed by atoms with Crippen molar-refractivity contribution >= 4 is 11.8 Å². The highest BCUT2D eigenvalue weighted by Crippen LogP contribution is 2.11. The lowest BCUT2D eigenvalue weighted by atomic mass is 10.0. The van der Waals surface area contributed by atoms with Crippen molar-refractivity contribution in [1.29, 1.82) is 5.26 Å². The SMILES string of the molecule is CCOC(=O)C(C)C(C)Nc1ccc(C#N)nn1. The number of carbonyl (C=O) groups is 1. The molecule has 1 aromatic heterocycles. The molecule has 6 nitrogen and oxygen atoms in total. The first-order valence-electron chi connectivity index (χ1n) is 5.75. The maximum Gasteiger partial charge on any atom is 0.310 e. The van der Waals surface area contributed by atoms with Gasteiger partial charge in [-0.25, -0.2) is 0 Å². The van der Waals surface area contributed by atoms with E-state index in [9.17, 15) is 4.79 Å². The van der Waals surface area contributed by atoms with Gasteiger partial charge in [-0.15, -0.1) is 10.2 Å². The minimum atomic E-state index is -0.289. The van der Waals surface area contributed by atoms with Crippen LogP contribution >= 0.6 is 0 Å². The molecule has 1 rings (SSSR count). The summed E-state index contributed by atoms with van der Waals surface area (Å²) in [6, 6.07) is 4.98. The summed E-state index contributed by atoms with van der Waals surface area (Å²) in [7, 11) is 0. The number of ether oxygens (including phenoxy) is 1. The number of esters is 1. The number of anilines is 1. The van der Waals surface area contributed by atoms with Crippen molar-refractivity contribution < 1.29 is 9.53 Å². The Labute approximate surface area is 106 Å². The molecule has 1 heterocycles. The largest absolute Gasteiger partial charge is 0.466 e. The molecule has 0 aliphatic heterocycles. The lowest BCUT2D eigenvalue weighted by Crippen LogP contribution is -2.31. The Kier molecular flexibility index (Phi) is 5.06. The van der Waals surface area contributed by atoms with Crippen LogP contribution in [-0.2, 0) is 9.53 Å². The van der Waals surface area contributed by atoms with Crippen LogP contribution in [-0.4, -0.2) is 28.8 Å². The van der Waals surface area contributed by atoms with Gasteiger partial charge in [0.25, 0.3) is 0 Å². The summed E-state index contributed by atoms with van der Waals surface area (Å²) in [6.45, 7) is 5.79. The molecule has 0 radical (unpaired) electrons. The third-order valence-corrected chi connectivity index (χ3v) is 2.56. The summed E-state index contributed by atoms with van der Waals surface area (Å²) in [5.41, 5.74) is 0.256. The van der Waals surface area contributed by atoms with Gasteiger partial charge < -0.3 is 10.1 Å². The first-order valence-corrected chi connectivity index (χ1v) is 5.75. The zero-order valence-corrected chi connectivity index (χ0v) is 10.7. The third kappa shape index (κ3) is 3.70. The lowest BCUT2D eigenvalue weighted by molar-refractivity contribution is -0.147. The van der Waals surface area contributed by atoms with Crippen LogP contribution in [0.5, 0.6) is 0 Å². The number of aromatic nitrogens is 2. The van der Waals surface area contributed by atoms with Gasteiger partial charge in [0.2, 0.25) is 0 Å². The Hall–Kier alpha value is -2.16. The van der Waals surface area contributed by atoms with E-state index in [0.717, 1.165) is 0 Å². The van der Waals surface area contributed by atoms with E-state index in [1.165, 1.54) is 0 Å². The van der Waals surface area contributed by atoms with Gasteiger partial charge in [0, 0.05) is 6.04 Å². The highest BCUT2D eigenvalue weighted by atomic mass is 16.5. The second-order valence-electron chi connectivity index (χ2n) is 3.89. The van der Waals surface area contributed by atoms with E-state index < -0.39 is 0 Å². The molecule has 96 valence electrons. The number of hydrogen-bond donors (Lipinski definition) is 1. The van der Waals surface area contributed by atoms with Crippen molar-refractivity contribution in [3.8, 4) is 6.07 Å². The van der Waals surface area contributed by atoms with E-state index >= 15 is 0 Å². The van der Waals surface area contributed by atoms with Gasteiger partial charge in [-0.3, -0.25) is 4.79 Å². The fraction of sp³-hybridized carbons (Fsp3) is 0.500. The average molecular weight is 248 g/mol. The van der Waals surface area contributed by atoms with E-state index in [0.29, 0.717) is 12.4 Å². The number of carbonyl (C=O) groups excluding carboxylic acids is 1. The lowest BCUT2D eigenvalue weighted by Gasteiger charge is -2.19. The molecule has 0 aliphatic carbocycles. The molecule has 0 aliphatic rings. The average Bonchev–Trinajstić information content (AvgIpc) is 2.39. The number of nitrogens with one attached hydrogen (secondary N) is 1. The highest BCUT2D eigenvalue weighted by Gasteiger charge is 2.21. The van der Waals surface area contributed by atoms with Crippen LogP contribution in [0.3, 0.4) is 0 Å². The fourth-order valence-corrected chi connectivity index (χ4v) is 1.30. The third-order valence-electron chi connectivity index (χ3n) is 2.56. The van der Waals surface area contributed by atoms with Crippen LogP contribution in [0.4, 0.5) is 5.82 Å². The molecular weight excluding hydrogens is 232 g/mol. The van der Waals surface area contributed by atoms with Gasteiger partial charge in [-0.05, 0) is 32.9 Å². The summed E-state index contributed by atoms with van der Waals surface area (Å²) in [4.78, 5) is 11.5. The van der Waals surface area contributed by atoms with Crippen molar-refractivity contribution in [1.82, 2.24) is 10.2 Å². The minimum Gasteiger partial charge on any atom is -0.466 e. The van der Waals surface area contributed by atoms with Crippen molar-refractivity contribution in [2.75, 3.05) is 11.9 Å². The first-order chi connectivity index (χ1) is 8.58. The molecular formula is C12H16N4O2. The molecule has 0 saturated heterocycles. The number of hydrogen-bond acceptors (Lipinski definition) is 6. The molecule has 0 fully saturated rings. The van der Waals surface area contributed by atoms with E-state index in [4.69, 9.17) is 10.00 Å². The summed E-state index contributed by atoms with van der Waals surface area (Å²) >= 11 is 0. The van der Waals surface area contributed by atoms with Crippen LogP contribution < -0.4 is 5.32 Å². The fourth-order valence-electron chi connectivity index (χ4n) is 1.30. The van der Waals surface area contributed by atoms with Gasteiger partial charge in [-0.1, -0.05) is 0 Å². The molecule has 0 saturated carbocycles. The van der Waals surface area contributed by atoms with E-state index in [-0.39, 0.29) is 23.6 Å². The van der Waals surface area contributed by atoms with Crippen molar-refractivity contribution in [2.24, 2.45) is 5.92 Å². The highest BCUT2D eigenvalue weighted by molar-refractivity contribution is 5.73. The monoisotopic (exact) mass is 248 g/mol. The molecule has 6 heteroatoms. The zero-order chi connectivity index (χ0) is 13.5. The van der Waals surface area contributed by atoms with Gasteiger partial charge in [0.1, 0.15) is 11.9 Å². The summed E-state index contributed by atoms with van der Waals surface area (Å²) in [5, 5.41) is 19.2. The maximum atomic E-state index is 11.5.